The number of nitrogens with one attached hydrogen (secondary N) is 1. The van der Waals surface area contributed by atoms with E-state index in [1.807, 2.05) is 13.8 Å². The fraction of sp³-hybridized carbons (Fsp3) is 0.429. The molecule has 1 rings (SSSR count). The van der Waals surface area contributed by atoms with Gasteiger partial charge in [-0.3, -0.25) is 0 Å². The first-order valence-electron chi connectivity index (χ1n) is 3.53. The van der Waals surface area contributed by atoms with Crippen molar-refractivity contribution in [1.29, 1.82) is 0 Å². The van der Waals surface area contributed by atoms with Gasteiger partial charge in [-0.05, 0) is 0 Å². The first kappa shape index (κ1) is 9.74. The summed E-state index contributed by atoms with van der Waals surface area (Å²) in [5.74, 6) is -0.126. The zero-order valence-electron chi connectivity index (χ0n) is 6.84. The number of nitrogens with zero attached hydrogens (tertiary/aromatic N) is 1. The quantitative estimate of drug-likeness (QED) is 0.690. The molecule has 0 aromatic rings. The number of aliphatic imine (C=N–C) groups is 1. The van der Waals surface area contributed by atoms with Crippen LogP contribution in [0, 0.1) is 6.54 Å². The monoisotopic (exact) mass is 205 g/mol. The summed E-state index contributed by atoms with van der Waals surface area (Å²) in [5, 5.41) is 13.3. The van der Waals surface area contributed by atoms with Gasteiger partial charge >= 0.3 is 0 Å². The van der Waals surface area contributed by atoms with Crippen molar-refractivity contribution in [3.05, 3.63) is 17.5 Å². The largest absolute Gasteiger partial charge is 0.492 e. The topological polar surface area (TPSA) is 44.6 Å². The lowest BCUT2D eigenvalue weighted by Gasteiger charge is -2.14. The molecule has 1 radical (unpaired) electrons. The van der Waals surface area contributed by atoms with Crippen LogP contribution < -0.4 is 5.32 Å². The van der Waals surface area contributed by atoms with Crippen molar-refractivity contribution >= 4 is 28.5 Å². The second-order valence-electron chi connectivity index (χ2n) is 2.54. The van der Waals surface area contributed by atoms with Gasteiger partial charge in [0, 0.05) is 5.25 Å². The van der Waals surface area contributed by atoms with E-state index in [9.17, 15) is 0 Å². The summed E-state index contributed by atoms with van der Waals surface area (Å²) in [4.78, 5) is 3.84. The maximum absolute atomic E-state index is 9.14. The summed E-state index contributed by atoms with van der Waals surface area (Å²) < 4.78 is 0. The van der Waals surface area contributed by atoms with Gasteiger partial charge in [-0.15, -0.1) is 0 Å². The third-order valence-electron chi connectivity index (χ3n) is 1.09. The van der Waals surface area contributed by atoms with E-state index in [1.54, 1.807) is 0 Å². The van der Waals surface area contributed by atoms with Crippen molar-refractivity contribution in [2.24, 2.45) is 4.99 Å². The van der Waals surface area contributed by atoms with Crippen LogP contribution >= 0.6 is 23.4 Å². The van der Waals surface area contributed by atoms with Crippen molar-refractivity contribution in [2.45, 2.75) is 19.1 Å². The van der Waals surface area contributed by atoms with Crippen LogP contribution in [0.3, 0.4) is 0 Å². The molecule has 0 aromatic carbocycles. The summed E-state index contributed by atoms with van der Waals surface area (Å²) in [6.45, 7) is 5.62. The van der Waals surface area contributed by atoms with Gasteiger partial charge in [0.05, 0.1) is 6.54 Å². The molecular weight excluding hydrogens is 196 g/mol. The highest BCUT2D eigenvalue weighted by Gasteiger charge is 2.13. The van der Waals surface area contributed by atoms with Gasteiger partial charge in [-0.2, -0.15) is 4.99 Å². The molecule has 5 heteroatoms. The van der Waals surface area contributed by atoms with Crippen LogP contribution in [0.25, 0.3) is 0 Å². The number of aliphatic hydroxyl groups is 1. The van der Waals surface area contributed by atoms with E-state index in [0.717, 1.165) is 0 Å². The van der Waals surface area contributed by atoms with Crippen LogP contribution in [-0.4, -0.2) is 15.5 Å². The number of amidine groups is 1. The second kappa shape index (κ2) is 4.05. The fourth-order valence-corrected chi connectivity index (χ4v) is 1.46. The Bertz CT molecular complexity index is 238. The maximum Gasteiger partial charge on any atom is 0.230 e. The van der Waals surface area contributed by atoms with E-state index in [-0.39, 0.29) is 10.9 Å². The first-order chi connectivity index (χ1) is 5.59. The van der Waals surface area contributed by atoms with Crippen molar-refractivity contribution in [3.63, 3.8) is 0 Å². The Kier molecular flexibility index (Phi) is 3.29. The average molecular weight is 206 g/mol. The molecule has 2 N–H and O–H groups in total. The fourth-order valence-electron chi connectivity index (χ4n) is 0.655. The Balaban J connectivity index is 2.63. The van der Waals surface area contributed by atoms with Gasteiger partial charge in [0.25, 0.3) is 0 Å². The molecule has 12 heavy (non-hydrogen) atoms. The summed E-state index contributed by atoms with van der Waals surface area (Å²) in [6, 6.07) is 0. The molecule has 1 aliphatic heterocycles. The third-order valence-corrected chi connectivity index (χ3v) is 2.27. The summed E-state index contributed by atoms with van der Waals surface area (Å²) in [7, 11) is 0. The molecule has 0 fully saturated rings. The molecule has 1 heterocycles. The predicted molar refractivity (Wildman–Crippen MR) is 53.1 cm³/mol. The standard InChI is InChI=1S/C7H10ClN2OS/c1-4(2)12-7-9-3-5(8)6(11)10-7/h3-4,11H,1-2H3,(H,9,10). The SMILES string of the molecule is CC(C)SC1=NC(O)=C(Cl)[CH]N1. The van der Waals surface area contributed by atoms with E-state index >= 15 is 0 Å². The number of hydrogen-bond acceptors (Lipinski definition) is 4. The predicted octanol–water partition coefficient (Wildman–Crippen LogP) is 2.21. The lowest BCUT2D eigenvalue weighted by molar-refractivity contribution is 0.402. The Morgan fingerprint density at radius 2 is 2.33 bits per heavy atom. The molecule has 1 aliphatic rings. The molecule has 0 saturated carbocycles. The smallest absolute Gasteiger partial charge is 0.230 e. The second-order valence-corrected chi connectivity index (χ2v) is 4.52. The van der Waals surface area contributed by atoms with Crippen LogP contribution in [0.15, 0.2) is 15.9 Å². The number of hydrogen-bond donors (Lipinski definition) is 2. The van der Waals surface area contributed by atoms with Crippen LogP contribution in [0.2, 0.25) is 0 Å². The molecule has 67 valence electrons. The van der Waals surface area contributed by atoms with Crippen molar-refractivity contribution < 1.29 is 5.11 Å². The van der Waals surface area contributed by atoms with E-state index in [1.165, 1.54) is 18.3 Å². The third kappa shape index (κ3) is 2.60. The highest BCUT2D eigenvalue weighted by atomic mass is 35.5. The van der Waals surface area contributed by atoms with Gasteiger partial charge in [-0.1, -0.05) is 37.2 Å². The molecule has 0 unspecified atom stereocenters. The van der Waals surface area contributed by atoms with Crippen LogP contribution in [0.1, 0.15) is 13.8 Å². The highest BCUT2D eigenvalue weighted by molar-refractivity contribution is 8.14. The van der Waals surface area contributed by atoms with E-state index in [4.69, 9.17) is 16.7 Å². The lowest BCUT2D eigenvalue weighted by atomic mass is 10.5. The zero-order chi connectivity index (χ0) is 9.14. The summed E-state index contributed by atoms with van der Waals surface area (Å²) in [6.07, 6.45) is 0. The zero-order valence-corrected chi connectivity index (χ0v) is 8.41. The highest BCUT2D eigenvalue weighted by Crippen LogP contribution is 2.20. The van der Waals surface area contributed by atoms with Gasteiger partial charge < -0.3 is 10.4 Å². The van der Waals surface area contributed by atoms with E-state index in [2.05, 4.69) is 10.3 Å². The number of halogens is 1. The summed E-state index contributed by atoms with van der Waals surface area (Å²) in [5.41, 5.74) is 0. The Hall–Kier alpha value is -0.350. The van der Waals surface area contributed by atoms with Crippen molar-refractivity contribution in [1.82, 2.24) is 5.32 Å². The molecular formula is C7H10ClN2OS. The van der Waals surface area contributed by atoms with Gasteiger partial charge in [0.1, 0.15) is 5.03 Å². The number of aliphatic hydroxyl groups excluding tert-OH is 1. The lowest BCUT2D eigenvalue weighted by Crippen LogP contribution is -2.23. The number of thioether (sulfide) groups is 1. The molecule has 0 aromatic heterocycles. The van der Waals surface area contributed by atoms with Gasteiger partial charge in [0.15, 0.2) is 5.17 Å². The normalized spacial score (nSPS) is 17.8. The molecule has 0 amide bonds. The average Bonchev–Trinajstić information content (AvgIpc) is 1.96. The van der Waals surface area contributed by atoms with Crippen molar-refractivity contribution in [2.75, 3.05) is 0 Å². The Labute approximate surface area is 80.9 Å². The molecule has 3 nitrogen and oxygen atoms in total. The van der Waals surface area contributed by atoms with E-state index < -0.39 is 0 Å². The molecule has 0 saturated heterocycles. The minimum Gasteiger partial charge on any atom is -0.492 e. The van der Waals surface area contributed by atoms with Crippen LogP contribution in [0.4, 0.5) is 0 Å². The number of rotatable bonds is 1. The molecule has 0 bridgehead atoms. The van der Waals surface area contributed by atoms with Crippen molar-refractivity contribution in [3.8, 4) is 0 Å². The van der Waals surface area contributed by atoms with Gasteiger partial charge in [0.2, 0.25) is 5.88 Å². The minimum absolute atomic E-state index is 0.126. The summed E-state index contributed by atoms with van der Waals surface area (Å²) >= 11 is 7.10. The van der Waals surface area contributed by atoms with Crippen LogP contribution in [-0.2, 0) is 0 Å². The molecule has 0 aliphatic carbocycles. The van der Waals surface area contributed by atoms with Crippen LogP contribution in [0.5, 0.6) is 0 Å². The molecule has 0 spiro atoms. The first-order valence-corrected chi connectivity index (χ1v) is 4.79. The minimum atomic E-state index is -0.126. The Morgan fingerprint density at radius 3 is 2.83 bits per heavy atom. The maximum atomic E-state index is 9.14. The Morgan fingerprint density at radius 1 is 1.67 bits per heavy atom. The van der Waals surface area contributed by atoms with Gasteiger partial charge in [-0.25, -0.2) is 0 Å². The van der Waals surface area contributed by atoms with E-state index in [0.29, 0.717) is 10.4 Å². The molecule has 0 atom stereocenters.